The standard InChI is InChI=1S/C13H9N2O3/c16-13(14-11-4-2-1-3-5-11)10-6-8-12(9-7-10)15(17)18/h1-9H. The number of para-hydroxylation sites is 1. The number of hydrogen-bond donors (Lipinski definition) is 0. The number of nitrogens with zero attached hydrogens (tertiary/aromatic N) is 2. The maximum absolute atomic E-state index is 11.8. The molecule has 18 heavy (non-hydrogen) atoms. The van der Waals surface area contributed by atoms with Gasteiger partial charge < -0.3 is 0 Å². The van der Waals surface area contributed by atoms with Crippen molar-refractivity contribution in [3.05, 3.63) is 70.3 Å². The van der Waals surface area contributed by atoms with Gasteiger partial charge in [0.1, 0.15) is 0 Å². The summed E-state index contributed by atoms with van der Waals surface area (Å²) >= 11 is 0. The van der Waals surface area contributed by atoms with Crippen LogP contribution in [0.4, 0.5) is 11.4 Å². The zero-order valence-electron chi connectivity index (χ0n) is 9.32. The highest BCUT2D eigenvalue weighted by atomic mass is 16.6. The van der Waals surface area contributed by atoms with Crippen molar-refractivity contribution in [2.45, 2.75) is 0 Å². The van der Waals surface area contributed by atoms with Crippen molar-refractivity contribution in [1.29, 1.82) is 0 Å². The molecule has 0 saturated carbocycles. The predicted molar refractivity (Wildman–Crippen MR) is 65.7 cm³/mol. The van der Waals surface area contributed by atoms with Crippen LogP contribution in [0.1, 0.15) is 10.4 Å². The zero-order chi connectivity index (χ0) is 13.0. The molecule has 0 atom stereocenters. The Morgan fingerprint density at radius 3 is 2.17 bits per heavy atom. The van der Waals surface area contributed by atoms with Crippen LogP contribution in [0.2, 0.25) is 0 Å². The quantitative estimate of drug-likeness (QED) is 0.612. The van der Waals surface area contributed by atoms with Crippen LogP contribution in [0.5, 0.6) is 0 Å². The van der Waals surface area contributed by atoms with E-state index in [4.69, 9.17) is 0 Å². The highest BCUT2D eigenvalue weighted by molar-refractivity contribution is 5.96. The average Bonchev–Trinajstić information content (AvgIpc) is 2.40. The number of nitro groups is 1. The molecule has 5 heteroatoms. The summed E-state index contributed by atoms with van der Waals surface area (Å²) in [6.07, 6.45) is 0. The molecule has 0 N–H and O–H groups in total. The smallest absolute Gasteiger partial charge is 0.267 e. The first kappa shape index (κ1) is 11.8. The summed E-state index contributed by atoms with van der Waals surface area (Å²) in [6, 6.07) is 14.2. The van der Waals surface area contributed by atoms with Crippen molar-refractivity contribution in [2.75, 3.05) is 0 Å². The second-order valence-electron chi connectivity index (χ2n) is 3.56. The molecule has 2 rings (SSSR count). The molecule has 5 nitrogen and oxygen atoms in total. The van der Waals surface area contributed by atoms with E-state index in [2.05, 4.69) is 5.32 Å². The van der Waals surface area contributed by atoms with Gasteiger partial charge in [-0.1, -0.05) is 18.2 Å². The summed E-state index contributed by atoms with van der Waals surface area (Å²) in [5, 5.41) is 14.4. The molecule has 1 amide bonds. The summed E-state index contributed by atoms with van der Waals surface area (Å²) in [7, 11) is 0. The van der Waals surface area contributed by atoms with E-state index >= 15 is 0 Å². The molecule has 0 bridgehead atoms. The summed E-state index contributed by atoms with van der Waals surface area (Å²) in [4.78, 5) is 21.7. The van der Waals surface area contributed by atoms with Crippen LogP contribution in [-0.2, 0) is 0 Å². The van der Waals surface area contributed by atoms with Crippen molar-refractivity contribution in [1.82, 2.24) is 5.32 Å². The SMILES string of the molecule is O=C([N]c1ccccc1)c1ccc([N+](=O)[O-])cc1. The van der Waals surface area contributed by atoms with E-state index in [9.17, 15) is 14.9 Å². The largest absolute Gasteiger partial charge is 0.277 e. The lowest BCUT2D eigenvalue weighted by Gasteiger charge is -2.01. The highest BCUT2D eigenvalue weighted by Crippen LogP contribution is 2.14. The van der Waals surface area contributed by atoms with E-state index in [1.54, 1.807) is 24.3 Å². The molecule has 0 fully saturated rings. The van der Waals surface area contributed by atoms with E-state index in [1.165, 1.54) is 24.3 Å². The van der Waals surface area contributed by atoms with Gasteiger partial charge in [0.15, 0.2) is 0 Å². The molecular formula is C13H9N2O3. The molecule has 0 aliphatic carbocycles. The monoisotopic (exact) mass is 241 g/mol. The molecule has 0 unspecified atom stereocenters. The lowest BCUT2D eigenvalue weighted by atomic mass is 10.2. The fourth-order valence-corrected chi connectivity index (χ4v) is 1.41. The molecule has 0 heterocycles. The Labute approximate surface area is 103 Å². The minimum atomic E-state index is -0.511. The van der Waals surface area contributed by atoms with Crippen LogP contribution in [-0.4, -0.2) is 10.8 Å². The molecule has 0 spiro atoms. The topological polar surface area (TPSA) is 74.3 Å². The zero-order valence-corrected chi connectivity index (χ0v) is 9.32. The molecule has 0 saturated heterocycles. The van der Waals surface area contributed by atoms with Crippen LogP contribution in [0.3, 0.4) is 0 Å². The summed E-state index contributed by atoms with van der Waals surface area (Å²) in [5.74, 6) is -0.420. The number of rotatable bonds is 3. The third-order valence-electron chi connectivity index (χ3n) is 2.31. The molecule has 2 aromatic carbocycles. The van der Waals surface area contributed by atoms with E-state index in [-0.39, 0.29) is 5.69 Å². The molecule has 2 aromatic rings. The van der Waals surface area contributed by atoms with E-state index in [1.807, 2.05) is 6.07 Å². The normalized spacial score (nSPS) is 9.78. The van der Waals surface area contributed by atoms with Crippen LogP contribution in [0, 0.1) is 10.1 Å². The van der Waals surface area contributed by atoms with Gasteiger partial charge in [0.05, 0.1) is 10.6 Å². The second-order valence-corrected chi connectivity index (χ2v) is 3.56. The van der Waals surface area contributed by atoms with E-state index in [0.717, 1.165) is 0 Å². The van der Waals surface area contributed by atoms with E-state index in [0.29, 0.717) is 11.3 Å². The lowest BCUT2D eigenvalue weighted by Crippen LogP contribution is -2.10. The van der Waals surface area contributed by atoms with Crippen LogP contribution in [0.15, 0.2) is 54.6 Å². The maximum atomic E-state index is 11.8. The van der Waals surface area contributed by atoms with Gasteiger partial charge in [-0.25, -0.2) is 5.32 Å². The minimum absolute atomic E-state index is 0.0498. The maximum Gasteiger partial charge on any atom is 0.277 e. The number of amides is 1. The molecule has 0 aliphatic heterocycles. The highest BCUT2D eigenvalue weighted by Gasteiger charge is 2.10. The Morgan fingerprint density at radius 2 is 1.61 bits per heavy atom. The fourth-order valence-electron chi connectivity index (χ4n) is 1.41. The van der Waals surface area contributed by atoms with E-state index < -0.39 is 10.8 Å². The number of carbonyl (C=O) groups excluding carboxylic acids is 1. The third kappa shape index (κ3) is 2.70. The van der Waals surface area contributed by atoms with Gasteiger partial charge in [0, 0.05) is 17.7 Å². The molecule has 0 aromatic heterocycles. The fraction of sp³-hybridized carbons (Fsp3) is 0. The van der Waals surface area contributed by atoms with Crippen molar-refractivity contribution in [3.63, 3.8) is 0 Å². The summed E-state index contributed by atoms with van der Waals surface area (Å²) < 4.78 is 0. The number of non-ortho nitro benzene ring substituents is 1. The molecule has 1 radical (unpaired) electrons. The van der Waals surface area contributed by atoms with Crippen LogP contribution < -0.4 is 5.32 Å². The Morgan fingerprint density at radius 1 is 1.00 bits per heavy atom. The molecular weight excluding hydrogens is 232 g/mol. The van der Waals surface area contributed by atoms with Crippen molar-refractivity contribution in [3.8, 4) is 0 Å². The first-order chi connectivity index (χ1) is 8.66. The van der Waals surface area contributed by atoms with Gasteiger partial charge in [-0.05, 0) is 24.3 Å². The van der Waals surface area contributed by atoms with Gasteiger partial charge >= 0.3 is 0 Å². The van der Waals surface area contributed by atoms with Crippen molar-refractivity contribution < 1.29 is 9.72 Å². The predicted octanol–water partition coefficient (Wildman–Crippen LogP) is 2.67. The summed E-state index contributed by atoms with van der Waals surface area (Å²) in [5.41, 5.74) is 0.830. The molecule has 89 valence electrons. The average molecular weight is 241 g/mol. The van der Waals surface area contributed by atoms with Crippen LogP contribution >= 0.6 is 0 Å². The Balaban J connectivity index is 2.12. The van der Waals surface area contributed by atoms with Gasteiger partial charge in [-0.2, -0.15) is 0 Å². The Bertz CT molecular complexity index is 565. The first-order valence-corrected chi connectivity index (χ1v) is 5.22. The van der Waals surface area contributed by atoms with Crippen molar-refractivity contribution in [2.24, 2.45) is 0 Å². The number of hydrogen-bond acceptors (Lipinski definition) is 3. The van der Waals surface area contributed by atoms with Gasteiger partial charge in [0.25, 0.3) is 11.6 Å². The lowest BCUT2D eigenvalue weighted by molar-refractivity contribution is -0.384. The van der Waals surface area contributed by atoms with Gasteiger partial charge in [0.2, 0.25) is 0 Å². The van der Waals surface area contributed by atoms with Crippen molar-refractivity contribution >= 4 is 17.3 Å². The third-order valence-corrected chi connectivity index (χ3v) is 2.31. The molecule has 0 aliphatic rings. The first-order valence-electron chi connectivity index (χ1n) is 5.22. The number of benzene rings is 2. The minimum Gasteiger partial charge on any atom is -0.267 e. The second kappa shape index (κ2) is 5.09. The van der Waals surface area contributed by atoms with Gasteiger partial charge in [-0.3, -0.25) is 14.9 Å². The van der Waals surface area contributed by atoms with Crippen LogP contribution in [0.25, 0.3) is 0 Å². The number of nitro benzene ring substituents is 1. The summed E-state index contributed by atoms with van der Waals surface area (Å²) in [6.45, 7) is 0. The Kier molecular flexibility index (Phi) is 3.33. The van der Waals surface area contributed by atoms with Gasteiger partial charge in [-0.15, -0.1) is 0 Å². The Hall–Kier alpha value is -2.69. The number of carbonyl (C=O) groups is 1.